The van der Waals surface area contributed by atoms with Gasteiger partial charge in [0.05, 0.1) is 33.9 Å². The molecule has 3 atom stereocenters. The van der Waals surface area contributed by atoms with E-state index in [0.717, 1.165) is 33.4 Å². The number of ether oxygens (including phenoxy) is 9. The molecule has 0 spiro atoms. The van der Waals surface area contributed by atoms with Crippen LogP contribution in [0.1, 0.15) is 56.5 Å². The smallest absolute Gasteiger partial charge is 0.162 e. The Bertz CT molecular complexity index is 2880. The van der Waals surface area contributed by atoms with Crippen molar-refractivity contribution in [2.45, 2.75) is 51.2 Å². The Labute approximate surface area is 412 Å². The van der Waals surface area contributed by atoms with Gasteiger partial charge in [0.25, 0.3) is 0 Å². The molecule has 0 aromatic heterocycles. The fourth-order valence-electron chi connectivity index (χ4n) is 8.50. The molecular weight excluding hydrogens is 933 g/mol. The topological polar surface area (TPSA) is 83.1 Å². The van der Waals surface area contributed by atoms with Gasteiger partial charge in [0.1, 0.15) is 71.5 Å². The monoisotopic (exact) mass is 984 g/mol. The summed E-state index contributed by atoms with van der Waals surface area (Å²) in [5, 5.41) is 0. The number of rotatable bonds is 20. The summed E-state index contributed by atoms with van der Waals surface area (Å²) in [6.07, 6.45) is -1.51. The van der Waals surface area contributed by atoms with Crippen LogP contribution in [0.3, 0.4) is 0 Å². The average Bonchev–Trinajstić information content (AvgIpc) is 3.41. The fraction of sp³-hybridized carbons (Fsp3) is 0.186. The van der Waals surface area contributed by atoms with Crippen LogP contribution in [-0.4, -0.2) is 27.4 Å². The lowest BCUT2D eigenvalue weighted by Gasteiger charge is -2.42. The Morgan fingerprint density at radius 3 is 1.30 bits per heavy atom. The highest BCUT2D eigenvalue weighted by atomic mass is 79.9. The average molecular weight is 986 g/mol. The summed E-state index contributed by atoms with van der Waals surface area (Å²) in [4.78, 5) is 0. The highest BCUT2D eigenvalue weighted by Gasteiger charge is 2.47. The van der Waals surface area contributed by atoms with E-state index in [1.54, 1.807) is 21.3 Å². The van der Waals surface area contributed by atoms with Gasteiger partial charge in [-0.2, -0.15) is 0 Å². The summed E-state index contributed by atoms with van der Waals surface area (Å²) in [5.74, 6) is 3.69. The van der Waals surface area contributed by atoms with Gasteiger partial charge in [-0.3, -0.25) is 0 Å². The van der Waals surface area contributed by atoms with Crippen molar-refractivity contribution < 1.29 is 42.6 Å². The van der Waals surface area contributed by atoms with Gasteiger partial charge in [-0.15, -0.1) is 0 Å². The maximum Gasteiger partial charge on any atom is 0.162 e. The SMILES string of the molecule is COc1cc(OC)c([C@@H]2c3c(OCc4ccccc4)cc(OCc4ccccc4)c(Br)c3O[C@H](c3ccc(OCc4ccccc4)c(OCc4ccccc4)c3)[C@H]2OCc2ccccc2)c(OC)c1. The fourth-order valence-corrected chi connectivity index (χ4v) is 9.04. The summed E-state index contributed by atoms with van der Waals surface area (Å²) < 4.78 is 60.4. The molecule has 0 aliphatic carbocycles. The second-order valence-corrected chi connectivity index (χ2v) is 17.2. The zero-order valence-corrected chi connectivity index (χ0v) is 40.3. The first-order valence-electron chi connectivity index (χ1n) is 22.8. The van der Waals surface area contributed by atoms with Crippen molar-refractivity contribution in [3.63, 3.8) is 0 Å². The number of halogens is 1. The number of hydrogen-bond donors (Lipinski definition) is 0. The van der Waals surface area contributed by atoms with E-state index in [-0.39, 0.29) is 13.2 Å². The molecule has 69 heavy (non-hydrogen) atoms. The Kier molecular flexibility index (Phi) is 15.3. The summed E-state index contributed by atoms with van der Waals surface area (Å²) in [6, 6.07) is 61.9. The predicted molar refractivity (Wildman–Crippen MR) is 270 cm³/mol. The second kappa shape index (κ2) is 22.6. The van der Waals surface area contributed by atoms with E-state index in [2.05, 4.69) is 15.9 Å². The molecule has 8 aromatic carbocycles. The van der Waals surface area contributed by atoms with E-state index in [0.29, 0.717) is 81.4 Å². The molecule has 0 bridgehead atoms. The van der Waals surface area contributed by atoms with Gasteiger partial charge < -0.3 is 42.6 Å². The second-order valence-electron chi connectivity index (χ2n) is 16.5. The first-order chi connectivity index (χ1) is 34.0. The van der Waals surface area contributed by atoms with E-state index in [1.807, 2.05) is 188 Å². The van der Waals surface area contributed by atoms with Crippen molar-refractivity contribution in [1.29, 1.82) is 0 Å². The minimum atomic E-state index is -0.771. The largest absolute Gasteiger partial charge is 0.496 e. The summed E-state index contributed by atoms with van der Waals surface area (Å²) >= 11 is 4.01. The van der Waals surface area contributed by atoms with Crippen LogP contribution in [0.4, 0.5) is 0 Å². The third-order valence-electron chi connectivity index (χ3n) is 12.0. The van der Waals surface area contributed by atoms with Crippen molar-refractivity contribution in [2.24, 2.45) is 0 Å². The van der Waals surface area contributed by atoms with E-state index in [1.165, 1.54) is 0 Å². The van der Waals surface area contributed by atoms with Gasteiger partial charge in [0.15, 0.2) is 17.6 Å². The van der Waals surface area contributed by atoms with E-state index >= 15 is 0 Å². The van der Waals surface area contributed by atoms with Gasteiger partial charge in [0, 0.05) is 29.3 Å². The Morgan fingerprint density at radius 1 is 0.406 bits per heavy atom. The number of methoxy groups -OCH3 is 3. The Morgan fingerprint density at radius 2 is 0.841 bits per heavy atom. The van der Waals surface area contributed by atoms with Crippen LogP contribution in [0.5, 0.6) is 46.0 Å². The molecule has 1 aliphatic heterocycles. The van der Waals surface area contributed by atoms with Crippen LogP contribution >= 0.6 is 15.9 Å². The van der Waals surface area contributed by atoms with Crippen LogP contribution in [0.25, 0.3) is 0 Å². The number of fused-ring (bicyclic) bond motifs is 1. The first kappa shape index (κ1) is 46.7. The van der Waals surface area contributed by atoms with E-state index in [9.17, 15) is 0 Å². The van der Waals surface area contributed by atoms with E-state index < -0.39 is 18.1 Å². The number of benzene rings is 8. The molecular formula is C59H53BrO9. The van der Waals surface area contributed by atoms with Crippen LogP contribution in [-0.2, 0) is 37.8 Å². The molecule has 0 saturated heterocycles. The van der Waals surface area contributed by atoms with Crippen molar-refractivity contribution in [2.75, 3.05) is 21.3 Å². The summed E-state index contributed by atoms with van der Waals surface area (Å²) in [6.45, 7) is 1.49. The number of hydrogen-bond acceptors (Lipinski definition) is 9. The molecule has 0 N–H and O–H groups in total. The van der Waals surface area contributed by atoms with Crippen LogP contribution in [0.15, 0.2) is 193 Å². The van der Waals surface area contributed by atoms with Crippen molar-refractivity contribution in [3.8, 4) is 46.0 Å². The third kappa shape index (κ3) is 11.2. The van der Waals surface area contributed by atoms with Crippen LogP contribution in [0, 0.1) is 0 Å². The lowest BCUT2D eigenvalue weighted by Crippen LogP contribution is -2.38. The summed E-state index contributed by atoms with van der Waals surface area (Å²) in [7, 11) is 4.90. The predicted octanol–water partition coefficient (Wildman–Crippen LogP) is 13.6. The molecule has 0 fully saturated rings. The standard InChI is InChI=1S/C59H53BrO9/c1-61-46-32-49(62-2)53(50(33-46)63-3)55-54-51(66-37-42-23-13-6-14-24-42)34-52(67-38-43-25-15-7-16-26-43)56(60)58(54)69-57(59(55)68-39-44-27-17-8-18-28-44)45-29-30-47(64-35-40-19-9-4-10-20-40)48(31-45)65-36-41-21-11-5-12-22-41/h4-34,55,57,59H,35-39H2,1-3H3/t55-,57-,59+/m1/s1. The zero-order chi connectivity index (χ0) is 47.4. The maximum atomic E-state index is 7.43. The molecule has 9 nitrogen and oxygen atoms in total. The molecule has 350 valence electrons. The molecule has 1 aliphatic rings. The van der Waals surface area contributed by atoms with Gasteiger partial charge in [-0.25, -0.2) is 0 Å². The molecule has 8 aromatic rings. The molecule has 0 unspecified atom stereocenters. The van der Waals surface area contributed by atoms with Gasteiger partial charge in [-0.1, -0.05) is 158 Å². The molecule has 1 heterocycles. The van der Waals surface area contributed by atoms with Crippen LogP contribution < -0.4 is 37.9 Å². The first-order valence-corrected chi connectivity index (χ1v) is 23.6. The van der Waals surface area contributed by atoms with Gasteiger partial charge >= 0.3 is 0 Å². The Balaban J connectivity index is 1.25. The lowest BCUT2D eigenvalue weighted by molar-refractivity contribution is -0.0579. The quantitative estimate of drug-likeness (QED) is 0.0741. The lowest BCUT2D eigenvalue weighted by atomic mass is 9.78. The van der Waals surface area contributed by atoms with Gasteiger partial charge in [-0.05, 0) is 61.4 Å². The molecule has 10 heteroatoms. The molecule has 9 rings (SSSR count). The minimum absolute atomic E-state index is 0.257. The third-order valence-corrected chi connectivity index (χ3v) is 12.7. The molecule has 0 radical (unpaired) electrons. The van der Waals surface area contributed by atoms with Gasteiger partial charge in [0.2, 0.25) is 0 Å². The normalized spacial score (nSPS) is 15.0. The maximum absolute atomic E-state index is 7.43. The van der Waals surface area contributed by atoms with Crippen molar-refractivity contribution in [3.05, 3.63) is 237 Å². The summed E-state index contributed by atoms with van der Waals surface area (Å²) in [5.41, 5.74) is 7.22. The molecule has 0 amide bonds. The van der Waals surface area contributed by atoms with Crippen molar-refractivity contribution >= 4 is 15.9 Å². The molecule has 0 saturated carbocycles. The van der Waals surface area contributed by atoms with Crippen LogP contribution in [0.2, 0.25) is 0 Å². The van der Waals surface area contributed by atoms with E-state index in [4.69, 9.17) is 42.6 Å². The minimum Gasteiger partial charge on any atom is -0.496 e. The Hall–Kier alpha value is -7.40. The highest BCUT2D eigenvalue weighted by Crippen LogP contribution is 2.59. The van der Waals surface area contributed by atoms with Crippen molar-refractivity contribution in [1.82, 2.24) is 0 Å². The zero-order valence-electron chi connectivity index (χ0n) is 38.7. The highest BCUT2D eigenvalue weighted by molar-refractivity contribution is 9.10.